The molecule has 5 nitrogen and oxygen atoms in total. The summed E-state index contributed by atoms with van der Waals surface area (Å²) in [6.07, 6.45) is 5.09. The number of aliphatic imine (C=N–C) groups is 1. The van der Waals surface area contributed by atoms with Crippen molar-refractivity contribution in [2.45, 2.75) is 25.7 Å². The number of piperazine rings is 1. The predicted molar refractivity (Wildman–Crippen MR) is 122 cm³/mol. The maximum absolute atomic E-state index is 6.19. The van der Waals surface area contributed by atoms with E-state index >= 15 is 0 Å². The van der Waals surface area contributed by atoms with Crippen LogP contribution in [0, 0.1) is 0 Å². The molecule has 2 aliphatic rings. The van der Waals surface area contributed by atoms with Crippen molar-refractivity contribution in [3.63, 3.8) is 0 Å². The smallest absolute Gasteiger partial charge is 0.191 e. The van der Waals surface area contributed by atoms with Gasteiger partial charge in [-0.1, -0.05) is 11.6 Å². The monoisotopic (exact) mass is 491 g/mol. The fraction of sp³-hybridized carbons (Fsp3) is 0.632. The summed E-state index contributed by atoms with van der Waals surface area (Å²) < 4.78 is 0. The van der Waals surface area contributed by atoms with Gasteiger partial charge in [0.2, 0.25) is 0 Å². The van der Waals surface area contributed by atoms with Crippen LogP contribution in [-0.2, 0) is 0 Å². The third-order valence-corrected chi connectivity index (χ3v) is 5.40. The Bertz CT molecular complexity index is 552. The van der Waals surface area contributed by atoms with Gasteiger partial charge in [-0.3, -0.25) is 4.99 Å². The molecule has 2 heterocycles. The molecule has 3 rings (SSSR count). The molecule has 1 aromatic carbocycles. The average Bonchev–Trinajstić information content (AvgIpc) is 3.15. The van der Waals surface area contributed by atoms with Gasteiger partial charge in [0, 0.05) is 43.4 Å². The summed E-state index contributed by atoms with van der Waals surface area (Å²) >= 11 is 5.96. The second-order valence-electron chi connectivity index (χ2n) is 6.95. The fourth-order valence-electron chi connectivity index (χ4n) is 3.59. The zero-order valence-electron chi connectivity index (χ0n) is 15.4. The van der Waals surface area contributed by atoms with Crippen LogP contribution in [0.1, 0.15) is 25.7 Å². The van der Waals surface area contributed by atoms with Gasteiger partial charge < -0.3 is 20.4 Å². The molecular weight excluding hydrogens is 461 g/mol. The highest BCUT2D eigenvalue weighted by atomic mass is 127. The van der Waals surface area contributed by atoms with Crippen molar-refractivity contribution in [1.82, 2.24) is 9.80 Å². The van der Waals surface area contributed by atoms with Gasteiger partial charge in [-0.2, -0.15) is 0 Å². The second kappa shape index (κ2) is 11.2. The van der Waals surface area contributed by atoms with Gasteiger partial charge >= 0.3 is 0 Å². The molecule has 146 valence electrons. The predicted octanol–water partition coefficient (Wildman–Crippen LogP) is 3.27. The van der Waals surface area contributed by atoms with Gasteiger partial charge in [0.15, 0.2) is 5.96 Å². The third kappa shape index (κ3) is 6.46. The molecule has 0 aromatic heterocycles. The SMILES string of the molecule is I.NC(=NCCCCN1CCCC1)N1CCN(c2ccc(Cl)cc2)CC1. The van der Waals surface area contributed by atoms with Crippen LogP contribution in [-0.4, -0.2) is 68.1 Å². The van der Waals surface area contributed by atoms with E-state index < -0.39 is 0 Å². The molecule has 7 heteroatoms. The van der Waals surface area contributed by atoms with Crippen molar-refractivity contribution < 1.29 is 0 Å². The Kier molecular flexibility index (Phi) is 9.28. The van der Waals surface area contributed by atoms with Gasteiger partial charge in [-0.15, -0.1) is 24.0 Å². The summed E-state index contributed by atoms with van der Waals surface area (Å²) in [4.78, 5) is 11.7. The second-order valence-corrected chi connectivity index (χ2v) is 7.38. The van der Waals surface area contributed by atoms with Gasteiger partial charge in [0.05, 0.1) is 0 Å². The van der Waals surface area contributed by atoms with E-state index in [1.54, 1.807) is 0 Å². The molecular formula is C19H31ClIN5. The van der Waals surface area contributed by atoms with Crippen LogP contribution in [0.4, 0.5) is 5.69 Å². The Morgan fingerprint density at radius 1 is 0.962 bits per heavy atom. The quantitative estimate of drug-likeness (QED) is 0.287. The molecule has 2 aliphatic heterocycles. The van der Waals surface area contributed by atoms with Gasteiger partial charge in [-0.25, -0.2) is 0 Å². The van der Waals surface area contributed by atoms with E-state index in [1.807, 2.05) is 12.1 Å². The molecule has 2 saturated heterocycles. The van der Waals surface area contributed by atoms with Crippen molar-refractivity contribution in [3.8, 4) is 0 Å². The summed E-state index contributed by atoms with van der Waals surface area (Å²) in [6, 6.07) is 8.05. The number of halogens is 2. The lowest BCUT2D eigenvalue weighted by Crippen LogP contribution is -2.51. The number of nitrogens with zero attached hydrogens (tertiary/aromatic N) is 4. The molecule has 0 aliphatic carbocycles. The zero-order chi connectivity index (χ0) is 17.5. The maximum Gasteiger partial charge on any atom is 0.191 e. The van der Waals surface area contributed by atoms with Crippen LogP contribution in [0.2, 0.25) is 5.02 Å². The first-order chi connectivity index (χ1) is 12.2. The lowest BCUT2D eigenvalue weighted by Gasteiger charge is -2.36. The molecule has 0 atom stereocenters. The van der Waals surface area contributed by atoms with E-state index in [0.29, 0.717) is 5.96 Å². The number of likely N-dealkylation sites (tertiary alicyclic amines) is 1. The molecule has 0 unspecified atom stereocenters. The van der Waals surface area contributed by atoms with Crippen molar-refractivity contribution >= 4 is 47.2 Å². The van der Waals surface area contributed by atoms with Gasteiger partial charge in [0.1, 0.15) is 0 Å². The highest BCUT2D eigenvalue weighted by molar-refractivity contribution is 14.0. The molecule has 26 heavy (non-hydrogen) atoms. The minimum absolute atomic E-state index is 0. The number of hydrogen-bond acceptors (Lipinski definition) is 3. The van der Waals surface area contributed by atoms with Crippen LogP contribution >= 0.6 is 35.6 Å². The number of guanidine groups is 1. The van der Waals surface area contributed by atoms with E-state index in [-0.39, 0.29) is 24.0 Å². The summed E-state index contributed by atoms with van der Waals surface area (Å²) in [5, 5.41) is 0.781. The molecule has 2 fully saturated rings. The lowest BCUT2D eigenvalue weighted by atomic mass is 10.2. The van der Waals surface area contributed by atoms with Crippen LogP contribution in [0.5, 0.6) is 0 Å². The Morgan fingerprint density at radius 3 is 2.27 bits per heavy atom. The molecule has 1 aromatic rings. The molecule has 0 saturated carbocycles. The topological polar surface area (TPSA) is 48.1 Å². The van der Waals surface area contributed by atoms with Crippen molar-refractivity contribution in [3.05, 3.63) is 29.3 Å². The summed E-state index contributed by atoms with van der Waals surface area (Å²) in [7, 11) is 0. The Hall–Kier alpha value is -0.730. The van der Waals surface area contributed by atoms with E-state index in [9.17, 15) is 0 Å². The maximum atomic E-state index is 6.19. The van der Waals surface area contributed by atoms with Crippen LogP contribution in [0.15, 0.2) is 29.3 Å². The van der Waals surface area contributed by atoms with Crippen LogP contribution in [0.3, 0.4) is 0 Å². The van der Waals surface area contributed by atoms with Crippen molar-refractivity contribution in [1.29, 1.82) is 0 Å². The Balaban J connectivity index is 0.00000243. The Labute approximate surface area is 179 Å². The first-order valence-electron chi connectivity index (χ1n) is 9.50. The van der Waals surface area contributed by atoms with Gasteiger partial charge in [-0.05, 0) is 69.6 Å². The number of hydrogen-bond donors (Lipinski definition) is 1. The standard InChI is InChI=1S/C19H30ClN5.HI/c20-17-5-7-18(8-6-17)24-13-15-25(16-14-24)19(21)22-9-1-2-10-23-11-3-4-12-23;/h5-8H,1-4,9-16H2,(H2,21,22);1H. The van der Waals surface area contributed by atoms with E-state index in [1.165, 1.54) is 44.6 Å². The van der Waals surface area contributed by atoms with E-state index in [4.69, 9.17) is 17.3 Å². The number of unbranched alkanes of at least 4 members (excludes halogenated alkanes) is 1. The molecule has 0 bridgehead atoms. The number of anilines is 1. The first kappa shape index (κ1) is 21.6. The largest absolute Gasteiger partial charge is 0.370 e. The number of benzene rings is 1. The van der Waals surface area contributed by atoms with Crippen LogP contribution in [0.25, 0.3) is 0 Å². The zero-order valence-corrected chi connectivity index (χ0v) is 18.5. The van der Waals surface area contributed by atoms with E-state index in [2.05, 4.69) is 31.8 Å². The molecule has 0 amide bonds. The third-order valence-electron chi connectivity index (χ3n) is 5.15. The summed E-state index contributed by atoms with van der Waals surface area (Å²) in [5.74, 6) is 0.705. The molecule has 2 N–H and O–H groups in total. The summed E-state index contributed by atoms with van der Waals surface area (Å²) in [5.41, 5.74) is 7.41. The number of nitrogens with two attached hydrogens (primary N) is 1. The van der Waals surface area contributed by atoms with E-state index in [0.717, 1.165) is 44.2 Å². The normalized spacial score (nSPS) is 18.9. The highest BCUT2D eigenvalue weighted by Crippen LogP contribution is 2.19. The summed E-state index contributed by atoms with van der Waals surface area (Å²) in [6.45, 7) is 8.40. The number of rotatable bonds is 6. The first-order valence-corrected chi connectivity index (χ1v) is 9.88. The fourth-order valence-corrected chi connectivity index (χ4v) is 3.72. The lowest BCUT2D eigenvalue weighted by molar-refractivity contribution is 0.330. The Morgan fingerprint density at radius 2 is 1.62 bits per heavy atom. The molecule has 0 spiro atoms. The minimum Gasteiger partial charge on any atom is -0.370 e. The van der Waals surface area contributed by atoms with Crippen LogP contribution < -0.4 is 10.6 Å². The van der Waals surface area contributed by atoms with Crippen molar-refractivity contribution in [2.24, 2.45) is 10.7 Å². The molecule has 0 radical (unpaired) electrons. The average molecular weight is 492 g/mol. The van der Waals surface area contributed by atoms with Gasteiger partial charge in [0.25, 0.3) is 0 Å². The van der Waals surface area contributed by atoms with Crippen molar-refractivity contribution in [2.75, 3.05) is 57.3 Å². The highest BCUT2D eigenvalue weighted by Gasteiger charge is 2.18. The minimum atomic E-state index is 0.